The molecule has 0 aliphatic rings. The summed E-state index contributed by atoms with van der Waals surface area (Å²) >= 11 is 2.65. The van der Waals surface area contributed by atoms with Gasteiger partial charge in [-0.2, -0.15) is 0 Å². The lowest BCUT2D eigenvalue weighted by molar-refractivity contribution is -0.114. The minimum absolute atomic E-state index is 0.117. The van der Waals surface area contributed by atoms with E-state index in [1.54, 1.807) is 43.3 Å². The summed E-state index contributed by atoms with van der Waals surface area (Å²) in [5.74, 6) is -0.494. The van der Waals surface area contributed by atoms with Gasteiger partial charge in [-0.1, -0.05) is 59.5 Å². The van der Waals surface area contributed by atoms with Gasteiger partial charge in [-0.3, -0.25) is 14.4 Å². The molecule has 1 amide bonds. The molecule has 0 saturated heterocycles. The molecular weight excluding hydrogens is 416 g/mol. The number of sulfonamides is 1. The number of hydrogen-bond acceptors (Lipinski definition) is 7. The monoisotopic (exact) mass is 434 g/mol. The average Bonchev–Trinajstić information content (AvgIpc) is 3.15. The molecule has 146 valence electrons. The van der Waals surface area contributed by atoms with E-state index >= 15 is 0 Å². The predicted octanol–water partition coefficient (Wildman–Crippen LogP) is 3.40. The Labute approximate surface area is 171 Å². The molecule has 2 aromatic carbocycles. The highest BCUT2D eigenvalue weighted by molar-refractivity contribution is 8.00. The lowest BCUT2D eigenvalue weighted by Crippen LogP contribution is -2.38. The van der Waals surface area contributed by atoms with Gasteiger partial charge in [-0.15, -0.1) is 10.2 Å². The van der Waals surface area contributed by atoms with Crippen molar-refractivity contribution in [1.82, 2.24) is 10.2 Å². The van der Waals surface area contributed by atoms with Gasteiger partial charge in [0.05, 0.1) is 10.6 Å². The summed E-state index contributed by atoms with van der Waals surface area (Å²) in [7, 11) is -3.93. The summed E-state index contributed by atoms with van der Waals surface area (Å²) in [6.45, 7) is 1.42. The third-order valence-corrected chi connectivity index (χ3v) is 7.42. The Hall–Kier alpha value is -2.43. The first-order valence-corrected chi connectivity index (χ1v) is 11.7. The number of nitrogens with zero attached hydrogens (tertiary/aromatic N) is 3. The lowest BCUT2D eigenvalue weighted by Gasteiger charge is -2.25. The molecule has 1 N–H and O–H groups in total. The highest BCUT2D eigenvalue weighted by atomic mass is 32.2. The van der Waals surface area contributed by atoms with Gasteiger partial charge in [0, 0.05) is 0 Å². The zero-order valence-electron chi connectivity index (χ0n) is 15.2. The molecule has 28 heavy (non-hydrogen) atoms. The molecule has 0 aliphatic heterocycles. The topological polar surface area (TPSA) is 92.3 Å². The molecule has 3 aromatic rings. The highest BCUT2D eigenvalue weighted by Gasteiger charge is 2.28. The van der Waals surface area contributed by atoms with Gasteiger partial charge in [-0.25, -0.2) is 8.42 Å². The molecule has 0 aliphatic carbocycles. The van der Waals surface area contributed by atoms with Crippen LogP contribution in [-0.4, -0.2) is 37.3 Å². The van der Waals surface area contributed by atoms with Gasteiger partial charge >= 0.3 is 0 Å². The number of rotatable bonds is 7. The molecule has 10 heteroatoms. The van der Waals surface area contributed by atoms with E-state index < -0.39 is 15.9 Å². The molecule has 0 radical (unpaired) electrons. The SMILES string of the molecule is CSc1nnc(NC(=O)CN(c2ccccc2C)S(=O)(=O)c2ccccc2)s1. The van der Waals surface area contributed by atoms with Gasteiger partial charge in [0.15, 0.2) is 4.34 Å². The fraction of sp³-hybridized carbons (Fsp3) is 0.167. The Balaban J connectivity index is 1.93. The number of carbonyl (C=O) groups excluding carboxylic acids is 1. The molecule has 7 nitrogen and oxygen atoms in total. The summed E-state index contributed by atoms with van der Waals surface area (Å²) < 4.78 is 28.3. The summed E-state index contributed by atoms with van der Waals surface area (Å²) in [5, 5.41) is 10.8. The van der Waals surface area contributed by atoms with Crippen LogP contribution in [0, 0.1) is 6.92 Å². The Morgan fingerprint density at radius 1 is 1.11 bits per heavy atom. The van der Waals surface area contributed by atoms with Crippen molar-refractivity contribution in [3.8, 4) is 0 Å². The maximum Gasteiger partial charge on any atom is 0.264 e. The summed E-state index contributed by atoms with van der Waals surface area (Å²) in [5.41, 5.74) is 1.19. The highest BCUT2D eigenvalue weighted by Crippen LogP contribution is 2.27. The van der Waals surface area contributed by atoms with E-state index in [0.29, 0.717) is 15.2 Å². The maximum absolute atomic E-state index is 13.2. The van der Waals surface area contributed by atoms with Gasteiger partial charge in [0.25, 0.3) is 10.0 Å². The van der Waals surface area contributed by atoms with E-state index in [4.69, 9.17) is 0 Å². The second-order valence-electron chi connectivity index (χ2n) is 5.74. The molecule has 3 rings (SSSR count). The van der Waals surface area contributed by atoms with Crippen molar-refractivity contribution in [3.63, 3.8) is 0 Å². The van der Waals surface area contributed by atoms with Crippen LogP contribution >= 0.6 is 23.1 Å². The lowest BCUT2D eigenvalue weighted by atomic mass is 10.2. The van der Waals surface area contributed by atoms with Crippen LogP contribution in [0.3, 0.4) is 0 Å². The van der Waals surface area contributed by atoms with E-state index in [1.807, 2.05) is 12.3 Å². The van der Waals surface area contributed by atoms with Crippen LogP contribution in [0.5, 0.6) is 0 Å². The third-order valence-electron chi connectivity index (χ3n) is 3.83. The fourth-order valence-corrected chi connectivity index (χ4v) is 5.19. The van der Waals surface area contributed by atoms with Crippen LogP contribution in [0.15, 0.2) is 63.8 Å². The van der Waals surface area contributed by atoms with Gasteiger partial charge in [0.1, 0.15) is 6.54 Å². The second kappa shape index (κ2) is 8.72. The number of amides is 1. The van der Waals surface area contributed by atoms with Crippen molar-refractivity contribution in [2.75, 3.05) is 22.4 Å². The molecule has 0 saturated carbocycles. The minimum atomic E-state index is -3.93. The normalized spacial score (nSPS) is 11.2. The quantitative estimate of drug-likeness (QED) is 0.453. The first kappa shape index (κ1) is 20.3. The molecule has 1 heterocycles. The zero-order chi connectivity index (χ0) is 20.1. The summed E-state index contributed by atoms with van der Waals surface area (Å²) in [6.07, 6.45) is 1.86. The molecular formula is C18H18N4O3S3. The molecule has 0 bridgehead atoms. The van der Waals surface area contributed by atoms with E-state index in [9.17, 15) is 13.2 Å². The van der Waals surface area contributed by atoms with Crippen molar-refractivity contribution < 1.29 is 13.2 Å². The van der Waals surface area contributed by atoms with Crippen LogP contribution in [0.25, 0.3) is 0 Å². The standard InChI is InChI=1S/C18H18N4O3S3/c1-13-8-6-7-11-15(13)22(28(24,25)14-9-4-3-5-10-14)12-16(23)19-17-20-21-18(26-2)27-17/h3-11H,12H2,1-2H3,(H,19,20,23). The maximum atomic E-state index is 13.2. The van der Waals surface area contributed by atoms with Crippen molar-refractivity contribution in [2.45, 2.75) is 16.2 Å². The number of anilines is 2. The summed E-state index contributed by atoms with van der Waals surface area (Å²) in [6, 6.07) is 15.1. The number of para-hydroxylation sites is 1. The minimum Gasteiger partial charge on any atom is -0.299 e. The fourth-order valence-electron chi connectivity index (χ4n) is 2.49. The average molecular weight is 435 g/mol. The van der Waals surface area contributed by atoms with Crippen LogP contribution < -0.4 is 9.62 Å². The molecule has 0 unspecified atom stereocenters. The van der Waals surface area contributed by atoms with Crippen molar-refractivity contribution in [3.05, 3.63) is 60.2 Å². The number of nitrogens with one attached hydrogen (secondary N) is 1. The van der Waals surface area contributed by atoms with Gasteiger partial charge < -0.3 is 0 Å². The smallest absolute Gasteiger partial charge is 0.264 e. The molecule has 0 spiro atoms. The molecule has 0 atom stereocenters. The van der Waals surface area contributed by atoms with E-state index in [2.05, 4.69) is 15.5 Å². The van der Waals surface area contributed by atoms with Crippen LogP contribution in [-0.2, 0) is 14.8 Å². The number of hydrogen-bond donors (Lipinski definition) is 1. The largest absolute Gasteiger partial charge is 0.299 e. The first-order valence-electron chi connectivity index (χ1n) is 8.22. The van der Waals surface area contributed by atoms with E-state index in [-0.39, 0.29) is 11.4 Å². The van der Waals surface area contributed by atoms with Crippen LogP contribution in [0.1, 0.15) is 5.56 Å². The Kier molecular flexibility index (Phi) is 6.32. The Bertz CT molecular complexity index is 1070. The number of aryl methyl sites for hydroxylation is 1. The van der Waals surface area contributed by atoms with Crippen LogP contribution in [0.2, 0.25) is 0 Å². The van der Waals surface area contributed by atoms with E-state index in [0.717, 1.165) is 9.87 Å². The van der Waals surface area contributed by atoms with Gasteiger partial charge in [0.2, 0.25) is 11.0 Å². The molecule has 1 aromatic heterocycles. The second-order valence-corrected chi connectivity index (χ2v) is 9.63. The van der Waals surface area contributed by atoms with Crippen molar-refractivity contribution >= 4 is 49.8 Å². The first-order chi connectivity index (χ1) is 13.4. The number of thioether (sulfide) groups is 1. The zero-order valence-corrected chi connectivity index (χ0v) is 17.6. The van der Waals surface area contributed by atoms with Crippen molar-refractivity contribution in [2.24, 2.45) is 0 Å². The number of carbonyl (C=O) groups is 1. The predicted molar refractivity (Wildman–Crippen MR) is 112 cm³/mol. The third kappa shape index (κ3) is 4.51. The van der Waals surface area contributed by atoms with Gasteiger partial charge in [-0.05, 0) is 36.9 Å². The van der Waals surface area contributed by atoms with Crippen LogP contribution in [0.4, 0.5) is 10.8 Å². The number of benzene rings is 2. The van der Waals surface area contributed by atoms with Crippen molar-refractivity contribution in [1.29, 1.82) is 0 Å². The number of aromatic nitrogens is 2. The molecule has 0 fully saturated rings. The summed E-state index contributed by atoms with van der Waals surface area (Å²) in [4.78, 5) is 12.7. The Morgan fingerprint density at radius 3 is 2.43 bits per heavy atom. The van der Waals surface area contributed by atoms with E-state index in [1.165, 1.54) is 35.2 Å². The Morgan fingerprint density at radius 2 is 1.79 bits per heavy atom.